The second-order valence-corrected chi connectivity index (χ2v) is 32.6. The number of imidazole rings is 4. The van der Waals surface area contributed by atoms with E-state index in [-0.39, 0.29) is 98.5 Å². The van der Waals surface area contributed by atoms with Crippen LogP contribution in [0.4, 0.5) is 4.39 Å². The van der Waals surface area contributed by atoms with Crippen LogP contribution in [0.1, 0.15) is 93.6 Å². The molecule has 1 N–H and O–H groups in total. The number of aromatic nitrogens is 16. The first-order chi connectivity index (χ1) is 57.9. The third kappa shape index (κ3) is 19.4. The van der Waals surface area contributed by atoms with Crippen molar-refractivity contribution >= 4 is 73.6 Å². The van der Waals surface area contributed by atoms with E-state index < -0.39 is 17.4 Å². The van der Waals surface area contributed by atoms with Crippen LogP contribution in [0.5, 0.6) is 5.75 Å². The molecular formula is C86H104ClFN20O13. The van der Waals surface area contributed by atoms with Gasteiger partial charge in [0.05, 0.1) is 38.0 Å². The Morgan fingerprint density at radius 3 is 1.00 bits per heavy atom. The average molecular weight is 1680 g/mol. The molecular weight excluding hydrogens is 1580 g/mol. The van der Waals surface area contributed by atoms with Crippen molar-refractivity contribution in [1.29, 1.82) is 0 Å². The van der Waals surface area contributed by atoms with Crippen LogP contribution in [0.3, 0.4) is 0 Å². The maximum absolute atomic E-state index is 13.1. The van der Waals surface area contributed by atoms with Crippen LogP contribution in [0.2, 0.25) is 5.02 Å². The number of aliphatic hydroxyl groups excluding tert-OH is 1. The van der Waals surface area contributed by atoms with Crippen molar-refractivity contribution in [2.75, 3.05) is 78.5 Å². The van der Waals surface area contributed by atoms with Crippen molar-refractivity contribution in [3.05, 3.63) is 244 Å². The average Bonchev–Trinajstić information content (AvgIpc) is 1.67. The summed E-state index contributed by atoms with van der Waals surface area (Å²) in [6.45, 7) is 15.5. The highest BCUT2D eigenvalue weighted by Crippen LogP contribution is 2.27. The molecule has 12 heterocycles. The number of carbonyl (C=O) groups is 3. The van der Waals surface area contributed by atoms with Gasteiger partial charge in [-0.25, -0.2) is 43.5 Å². The van der Waals surface area contributed by atoms with Gasteiger partial charge in [0.2, 0.25) is 0 Å². The van der Waals surface area contributed by atoms with Crippen LogP contribution < -0.4 is 49.7 Å². The van der Waals surface area contributed by atoms with Gasteiger partial charge in [0.1, 0.15) is 17.7 Å². The van der Waals surface area contributed by atoms with Crippen LogP contribution in [-0.2, 0) is 82.6 Å². The number of hydrogen-bond acceptors (Lipinski definition) is 21. The number of β-amino-alcohol motifs (C(OH)–C–C–N with tert-alkyl or cyclic N) is 1. The third-order valence-electron chi connectivity index (χ3n) is 24.0. The maximum Gasteiger partial charge on any atom is 0.332 e. The quantitative estimate of drug-likeness (QED) is 0.0941. The Bertz CT molecular complexity index is 6100. The number of aryl methyl sites for hydroxylation is 6. The van der Waals surface area contributed by atoms with E-state index in [1.54, 1.807) is 76.0 Å². The molecule has 0 aliphatic carbocycles. The van der Waals surface area contributed by atoms with Gasteiger partial charge in [0.25, 0.3) is 22.2 Å². The lowest BCUT2D eigenvalue weighted by atomic mass is 9.88. The molecule has 16 rings (SSSR count). The summed E-state index contributed by atoms with van der Waals surface area (Å²) in [6.07, 6.45) is 12.4. The molecule has 640 valence electrons. The molecule has 0 bridgehead atoms. The molecule has 4 aliphatic heterocycles. The molecule has 4 aliphatic rings. The van der Waals surface area contributed by atoms with E-state index in [9.17, 15) is 62.2 Å². The number of benzene rings is 4. The van der Waals surface area contributed by atoms with Gasteiger partial charge in [0.15, 0.2) is 62.0 Å². The molecule has 1 atom stereocenters. The summed E-state index contributed by atoms with van der Waals surface area (Å²) in [6, 6.07) is 28.7. The normalized spacial score (nSPS) is 15.9. The van der Waals surface area contributed by atoms with Crippen molar-refractivity contribution in [2.45, 2.75) is 104 Å². The van der Waals surface area contributed by atoms with E-state index >= 15 is 0 Å². The van der Waals surface area contributed by atoms with Crippen LogP contribution in [0.15, 0.2) is 161 Å². The van der Waals surface area contributed by atoms with Gasteiger partial charge in [-0.2, -0.15) is 0 Å². The standard InChI is InChI=1S/C22H26FN5O4.C22H27N5O3.C21H24ClN5O3.C21H27N5O3/c1-25-20-18(21(31)26(2)22(25)32)28(13-24-20)12-17(29)11-27-9-7-15(8-10-27)19(30)14-3-5-16(23)6-4-14;1-15-4-6-16(7-5-15)19(28)17-8-10-26(11-9-17)12-13-27-14-23-20-18(27)21(29)25(3)22(30)24(20)2;1-24-19-17(20(29)25(2)21(24)30)27(13-23-19)12-11-26-9-7-15(8-10-26)18(28)14-3-5-16(22)6-4-14;1-15-4-6-16(7-5-15)29-17-8-10-25(11-9-17)12-13-26-14-22-19-18(26)20(27)24(3)21(28)23(19)2/h3-6,13,15,17,29H,7-12H2,1-2H3;4-7,14,17H,8-13H2,1-3H3;3-6,13,15H,7-12H2,1-2H3;4-7,14,17H,8-13H2,1-3H3. The van der Waals surface area contributed by atoms with Gasteiger partial charge < -0.3 is 47.7 Å². The fraction of sp³-hybridized carbons (Fsp3) is 0.453. The number of carbonyl (C=O) groups excluding carboxylic acids is 3. The molecule has 1 unspecified atom stereocenters. The lowest BCUT2D eigenvalue weighted by molar-refractivity contribution is 0.0683. The summed E-state index contributed by atoms with van der Waals surface area (Å²) in [5.41, 5.74) is 4.60. The van der Waals surface area contributed by atoms with Crippen LogP contribution in [-0.4, -0.2) is 208 Å². The molecule has 0 saturated carbocycles. The summed E-state index contributed by atoms with van der Waals surface area (Å²) >= 11 is 5.91. The zero-order valence-corrected chi connectivity index (χ0v) is 70.7. The number of likely N-dealkylation sites (tertiary alicyclic amines) is 4. The lowest BCUT2D eigenvalue weighted by Crippen LogP contribution is -2.42. The number of ether oxygens (including phenoxy) is 1. The number of aliphatic hydroxyl groups is 1. The number of nitrogens with zero attached hydrogens (tertiary/aromatic N) is 20. The Morgan fingerprint density at radius 2 is 0.661 bits per heavy atom. The van der Waals surface area contributed by atoms with Crippen LogP contribution in [0, 0.1) is 37.4 Å². The molecule has 4 aromatic carbocycles. The topological polar surface area (TPSA) is 341 Å². The van der Waals surface area contributed by atoms with Gasteiger partial charge in [0, 0.05) is 155 Å². The predicted octanol–water partition coefficient (Wildman–Crippen LogP) is 4.83. The van der Waals surface area contributed by atoms with E-state index in [0.29, 0.717) is 102 Å². The van der Waals surface area contributed by atoms with Gasteiger partial charge >= 0.3 is 22.8 Å². The Labute approximate surface area is 699 Å². The second kappa shape index (κ2) is 37.9. The van der Waals surface area contributed by atoms with Crippen molar-refractivity contribution in [2.24, 2.45) is 74.1 Å². The summed E-state index contributed by atoms with van der Waals surface area (Å²) in [5, 5.41) is 11.3. The van der Waals surface area contributed by atoms with Crippen molar-refractivity contribution in [3.8, 4) is 5.75 Å². The van der Waals surface area contributed by atoms with Gasteiger partial charge in [-0.15, -0.1) is 0 Å². The second-order valence-electron chi connectivity index (χ2n) is 32.1. The number of piperidine rings is 4. The zero-order valence-electron chi connectivity index (χ0n) is 70.0. The molecule has 4 saturated heterocycles. The van der Waals surface area contributed by atoms with Gasteiger partial charge in [-0.1, -0.05) is 59.1 Å². The smallest absolute Gasteiger partial charge is 0.332 e. The number of Topliss-reactive ketones (excluding diaryl/α,β-unsaturated/α-hetero) is 3. The minimum absolute atomic E-state index is 0.0246. The highest BCUT2D eigenvalue weighted by molar-refractivity contribution is 6.30. The summed E-state index contributed by atoms with van der Waals surface area (Å²) in [7, 11) is 12.3. The minimum atomic E-state index is -0.751. The first kappa shape index (κ1) is 87.1. The number of hydrogen-bond donors (Lipinski definition) is 1. The van der Waals surface area contributed by atoms with E-state index in [1.165, 1.54) is 82.6 Å². The SMILES string of the molecule is Cc1ccc(C(=O)C2CCN(CCn3cnc4c3c(=O)n(C)c(=O)n4C)CC2)cc1.Cc1ccc(OC2CCN(CCn3cnc4c3c(=O)n(C)c(=O)n4C)CC2)cc1.Cn1c(=O)c2c(ncn2CC(O)CN2CCC(C(=O)c3ccc(F)cc3)CC2)n(C)c1=O.Cn1c(=O)c2c(ncn2CCN2CCC(C(=O)c3ccc(Cl)cc3)CC2)n(C)c1=O. The summed E-state index contributed by atoms with van der Waals surface area (Å²) < 4.78 is 36.1. The molecule has 121 heavy (non-hydrogen) atoms. The fourth-order valence-electron chi connectivity index (χ4n) is 16.5. The Kier molecular flexibility index (Phi) is 27.3. The Balaban J connectivity index is 0.000000139. The molecule has 0 spiro atoms. The molecule has 4 fully saturated rings. The van der Waals surface area contributed by atoms with E-state index in [2.05, 4.69) is 58.6 Å². The first-order valence-electron chi connectivity index (χ1n) is 40.9. The number of fused-ring (bicyclic) bond motifs is 4. The van der Waals surface area contributed by atoms with E-state index in [1.807, 2.05) is 57.0 Å². The Hall–Kier alpha value is -11.7. The fourth-order valence-corrected chi connectivity index (χ4v) is 16.6. The molecule has 0 amide bonds. The zero-order chi connectivity index (χ0) is 86.4. The molecule has 0 radical (unpaired) electrons. The first-order valence-corrected chi connectivity index (χ1v) is 41.3. The summed E-state index contributed by atoms with van der Waals surface area (Å²) in [4.78, 5) is 163. The highest BCUT2D eigenvalue weighted by Gasteiger charge is 2.31. The van der Waals surface area contributed by atoms with Crippen molar-refractivity contribution in [3.63, 3.8) is 0 Å². The minimum Gasteiger partial charge on any atom is -0.490 e. The number of halogens is 2. The largest absolute Gasteiger partial charge is 0.490 e. The van der Waals surface area contributed by atoms with E-state index in [0.717, 1.165) is 133 Å². The lowest BCUT2D eigenvalue weighted by Gasteiger charge is -2.32. The number of ketones is 3. The maximum atomic E-state index is 13.1. The van der Waals surface area contributed by atoms with Crippen molar-refractivity contribution in [1.82, 2.24) is 94.3 Å². The van der Waals surface area contributed by atoms with E-state index in [4.69, 9.17) is 16.3 Å². The Morgan fingerprint density at radius 1 is 0.380 bits per heavy atom. The molecule has 12 aromatic rings. The molecule has 33 nitrogen and oxygen atoms in total. The van der Waals surface area contributed by atoms with Gasteiger partial charge in [-0.3, -0.25) is 70.1 Å². The van der Waals surface area contributed by atoms with Gasteiger partial charge in [-0.05, 0) is 165 Å². The predicted molar refractivity (Wildman–Crippen MR) is 458 cm³/mol. The third-order valence-corrected chi connectivity index (χ3v) is 24.3. The van der Waals surface area contributed by atoms with Crippen LogP contribution >= 0.6 is 11.6 Å². The number of rotatable bonds is 21. The molecule has 35 heteroatoms. The summed E-state index contributed by atoms with van der Waals surface area (Å²) in [5.74, 6) is 0.984. The van der Waals surface area contributed by atoms with Crippen molar-refractivity contribution < 1.29 is 28.6 Å². The highest BCUT2D eigenvalue weighted by atomic mass is 35.5. The monoisotopic (exact) mass is 1680 g/mol. The van der Waals surface area contributed by atoms with Crippen LogP contribution in [0.25, 0.3) is 44.7 Å². The molecule has 8 aromatic heterocycles.